The van der Waals surface area contributed by atoms with E-state index in [2.05, 4.69) is 10.2 Å². The molecule has 0 fully saturated rings. The molecule has 0 spiro atoms. The number of halogens is 1. The summed E-state index contributed by atoms with van der Waals surface area (Å²) in [4.78, 5) is 14.9. The van der Waals surface area contributed by atoms with E-state index < -0.39 is 6.04 Å². The van der Waals surface area contributed by atoms with Crippen molar-refractivity contribution in [2.24, 2.45) is 0 Å². The summed E-state index contributed by atoms with van der Waals surface area (Å²) in [5.41, 5.74) is 2.93. The van der Waals surface area contributed by atoms with Gasteiger partial charge in [0, 0.05) is 29.8 Å². The van der Waals surface area contributed by atoms with Crippen LogP contribution in [-0.2, 0) is 4.74 Å². The van der Waals surface area contributed by atoms with E-state index in [0.717, 1.165) is 11.3 Å². The highest BCUT2D eigenvalue weighted by Crippen LogP contribution is 2.45. The fraction of sp³-hybridized carbons (Fsp3) is 0.273. The molecule has 8 heteroatoms. The molecule has 7 nitrogen and oxygen atoms in total. The van der Waals surface area contributed by atoms with E-state index in [9.17, 15) is 9.90 Å². The van der Waals surface area contributed by atoms with Gasteiger partial charge in [-0.2, -0.15) is 5.10 Å². The second-order valence-electron chi connectivity index (χ2n) is 6.92. The van der Waals surface area contributed by atoms with Crippen molar-refractivity contribution >= 4 is 17.5 Å². The van der Waals surface area contributed by atoms with Crippen LogP contribution < -0.4 is 4.74 Å². The average Bonchev–Trinajstić information content (AvgIpc) is 3.28. The maximum Gasteiger partial charge on any atom is 0.273 e. The van der Waals surface area contributed by atoms with Crippen LogP contribution >= 0.6 is 11.6 Å². The number of carbonyl (C=O) groups excluding carboxylic acids is 1. The molecule has 1 atom stereocenters. The molecule has 1 amide bonds. The van der Waals surface area contributed by atoms with Crippen LogP contribution in [0.2, 0.25) is 5.02 Å². The number of nitrogens with zero attached hydrogens (tertiary/aromatic N) is 2. The molecule has 0 bridgehead atoms. The number of amides is 1. The standard InChI is InChI=1S/C22H22ClN3O4/c1-3-30-15-6-4-5-13(11-15)21-18-19(16-12-14(23)7-8-17(16)27)24-25-20(18)22(28)26(21)9-10-29-2/h4-8,11-12,21,27H,3,9-10H2,1-2H3,(H,24,25). The first-order valence-corrected chi connectivity index (χ1v) is 10.0. The van der Waals surface area contributed by atoms with Gasteiger partial charge in [0.15, 0.2) is 0 Å². The molecule has 0 radical (unpaired) electrons. The van der Waals surface area contributed by atoms with Crippen molar-refractivity contribution in [3.05, 3.63) is 64.3 Å². The molecule has 2 N–H and O–H groups in total. The zero-order valence-electron chi connectivity index (χ0n) is 16.7. The zero-order chi connectivity index (χ0) is 21.3. The minimum atomic E-state index is -0.407. The molecule has 4 rings (SSSR count). The van der Waals surface area contributed by atoms with Gasteiger partial charge in [-0.1, -0.05) is 23.7 Å². The summed E-state index contributed by atoms with van der Waals surface area (Å²) < 4.78 is 10.9. The van der Waals surface area contributed by atoms with Gasteiger partial charge in [-0.3, -0.25) is 9.89 Å². The van der Waals surface area contributed by atoms with E-state index in [1.165, 1.54) is 6.07 Å². The van der Waals surface area contributed by atoms with Gasteiger partial charge in [0.1, 0.15) is 22.9 Å². The second-order valence-corrected chi connectivity index (χ2v) is 7.36. The van der Waals surface area contributed by atoms with E-state index in [0.29, 0.717) is 47.3 Å². The summed E-state index contributed by atoms with van der Waals surface area (Å²) in [7, 11) is 1.60. The third kappa shape index (κ3) is 3.51. The van der Waals surface area contributed by atoms with Crippen LogP contribution in [0.4, 0.5) is 0 Å². The first-order chi connectivity index (χ1) is 14.5. The Bertz CT molecular complexity index is 1080. The number of aromatic nitrogens is 2. The van der Waals surface area contributed by atoms with Gasteiger partial charge in [0.05, 0.1) is 19.3 Å². The Morgan fingerprint density at radius 1 is 1.27 bits per heavy atom. The highest BCUT2D eigenvalue weighted by atomic mass is 35.5. The van der Waals surface area contributed by atoms with Crippen molar-refractivity contribution in [3.8, 4) is 22.8 Å². The molecule has 30 heavy (non-hydrogen) atoms. The molecule has 156 valence electrons. The number of ether oxygens (including phenoxy) is 2. The number of methoxy groups -OCH3 is 1. The molecule has 0 aliphatic carbocycles. The number of hydrogen-bond acceptors (Lipinski definition) is 5. The molecule has 0 saturated heterocycles. The van der Waals surface area contributed by atoms with Gasteiger partial charge in [0.2, 0.25) is 0 Å². The van der Waals surface area contributed by atoms with Gasteiger partial charge >= 0.3 is 0 Å². The van der Waals surface area contributed by atoms with E-state index in [-0.39, 0.29) is 11.7 Å². The van der Waals surface area contributed by atoms with Crippen LogP contribution in [0.25, 0.3) is 11.3 Å². The number of aromatic hydroxyl groups is 1. The van der Waals surface area contributed by atoms with Crippen LogP contribution in [0, 0.1) is 0 Å². The van der Waals surface area contributed by atoms with E-state index >= 15 is 0 Å². The van der Waals surface area contributed by atoms with Crippen LogP contribution in [0.15, 0.2) is 42.5 Å². The third-order valence-electron chi connectivity index (χ3n) is 5.10. The summed E-state index contributed by atoms with van der Waals surface area (Å²) in [5, 5.41) is 18.1. The monoisotopic (exact) mass is 427 g/mol. The Balaban J connectivity index is 1.88. The van der Waals surface area contributed by atoms with Crippen molar-refractivity contribution in [3.63, 3.8) is 0 Å². The first kappa shape index (κ1) is 20.3. The van der Waals surface area contributed by atoms with Crippen LogP contribution in [0.1, 0.15) is 34.6 Å². The predicted molar refractivity (Wildman–Crippen MR) is 113 cm³/mol. The lowest BCUT2D eigenvalue weighted by molar-refractivity contribution is 0.0677. The van der Waals surface area contributed by atoms with Crippen molar-refractivity contribution in [1.29, 1.82) is 0 Å². The number of carbonyl (C=O) groups is 1. The first-order valence-electron chi connectivity index (χ1n) is 9.65. The van der Waals surface area contributed by atoms with Gasteiger partial charge in [-0.25, -0.2) is 0 Å². The molecular weight excluding hydrogens is 406 g/mol. The summed E-state index contributed by atoms with van der Waals surface area (Å²) in [6.07, 6.45) is 0. The Labute approximate surface area is 179 Å². The van der Waals surface area contributed by atoms with E-state index in [1.54, 1.807) is 24.1 Å². The van der Waals surface area contributed by atoms with Gasteiger partial charge in [0.25, 0.3) is 5.91 Å². The molecular formula is C22H22ClN3O4. The van der Waals surface area contributed by atoms with Crippen molar-refractivity contribution in [2.75, 3.05) is 26.9 Å². The van der Waals surface area contributed by atoms with Gasteiger partial charge < -0.3 is 19.5 Å². The Hall–Kier alpha value is -3.03. The van der Waals surface area contributed by atoms with Gasteiger partial charge in [-0.15, -0.1) is 0 Å². The Kier molecular flexibility index (Phi) is 5.65. The Morgan fingerprint density at radius 3 is 2.87 bits per heavy atom. The molecule has 2 aromatic carbocycles. The molecule has 1 aliphatic rings. The number of phenols is 1. The van der Waals surface area contributed by atoms with Gasteiger partial charge in [-0.05, 0) is 42.8 Å². The summed E-state index contributed by atoms with van der Waals surface area (Å²) in [6, 6.07) is 12.0. The average molecular weight is 428 g/mol. The zero-order valence-corrected chi connectivity index (χ0v) is 17.4. The lowest BCUT2D eigenvalue weighted by atomic mass is 9.95. The lowest BCUT2D eigenvalue weighted by Crippen LogP contribution is -2.32. The molecule has 1 unspecified atom stereocenters. The van der Waals surface area contributed by atoms with Crippen LogP contribution in [0.5, 0.6) is 11.5 Å². The Morgan fingerprint density at radius 2 is 2.10 bits per heavy atom. The highest BCUT2D eigenvalue weighted by Gasteiger charge is 2.42. The summed E-state index contributed by atoms with van der Waals surface area (Å²) in [5.74, 6) is 0.589. The number of hydrogen-bond donors (Lipinski definition) is 2. The fourth-order valence-corrected chi connectivity index (χ4v) is 3.98. The smallest absolute Gasteiger partial charge is 0.273 e. The number of rotatable bonds is 7. The van der Waals surface area contributed by atoms with E-state index in [1.807, 2.05) is 31.2 Å². The number of H-pyrrole nitrogens is 1. The van der Waals surface area contributed by atoms with E-state index in [4.69, 9.17) is 21.1 Å². The maximum absolute atomic E-state index is 13.2. The van der Waals surface area contributed by atoms with Crippen LogP contribution in [0.3, 0.4) is 0 Å². The molecule has 3 aromatic rings. The lowest BCUT2D eigenvalue weighted by Gasteiger charge is -2.26. The minimum Gasteiger partial charge on any atom is -0.507 e. The number of nitrogens with one attached hydrogen (secondary N) is 1. The van der Waals surface area contributed by atoms with Crippen LogP contribution in [-0.4, -0.2) is 53.0 Å². The van der Waals surface area contributed by atoms with Crippen molar-refractivity contribution in [1.82, 2.24) is 15.1 Å². The minimum absolute atomic E-state index is 0.0401. The molecule has 1 aromatic heterocycles. The number of benzene rings is 2. The van der Waals surface area contributed by atoms with Crippen molar-refractivity contribution in [2.45, 2.75) is 13.0 Å². The molecule has 2 heterocycles. The normalized spacial score (nSPS) is 15.5. The maximum atomic E-state index is 13.2. The summed E-state index contributed by atoms with van der Waals surface area (Å²) >= 11 is 6.16. The molecule has 0 saturated carbocycles. The largest absolute Gasteiger partial charge is 0.507 e. The summed E-state index contributed by atoms with van der Waals surface area (Å²) in [6.45, 7) is 3.26. The number of fused-ring (bicyclic) bond motifs is 1. The topological polar surface area (TPSA) is 87.7 Å². The number of aromatic amines is 1. The number of phenolic OH excluding ortho intramolecular Hbond substituents is 1. The fourth-order valence-electron chi connectivity index (χ4n) is 3.81. The van der Waals surface area contributed by atoms with Crippen molar-refractivity contribution < 1.29 is 19.4 Å². The quantitative estimate of drug-likeness (QED) is 0.594. The SMILES string of the molecule is CCOc1cccc(C2c3c(-c4cc(Cl)ccc4O)n[nH]c3C(=O)N2CCOC)c1. The third-order valence-corrected chi connectivity index (χ3v) is 5.33. The second kappa shape index (κ2) is 8.38. The predicted octanol–water partition coefficient (Wildman–Crippen LogP) is 4.03. The highest BCUT2D eigenvalue weighted by molar-refractivity contribution is 6.31. The molecule has 1 aliphatic heterocycles.